The van der Waals surface area contributed by atoms with Crippen molar-refractivity contribution in [2.45, 2.75) is 0 Å². The molecule has 0 saturated heterocycles. The van der Waals surface area contributed by atoms with E-state index >= 15 is 0 Å². The van der Waals surface area contributed by atoms with E-state index < -0.39 is 0 Å². The van der Waals surface area contributed by atoms with Crippen LogP contribution in [0.2, 0.25) is 0 Å². The zero-order valence-corrected chi connectivity index (χ0v) is 28.2. The zero-order chi connectivity index (χ0) is 34.4. The molecule has 3 nitrogen and oxygen atoms in total. The second kappa shape index (κ2) is 12.4. The predicted molar refractivity (Wildman–Crippen MR) is 217 cm³/mol. The van der Waals surface area contributed by atoms with E-state index in [1.165, 1.54) is 43.3 Å². The highest BCUT2D eigenvalue weighted by molar-refractivity contribution is 6.32. The van der Waals surface area contributed by atoms with Gasteiger partial charge in [-0.15, -0.1) is 0 Å². The molecule has 52 heavy (non-hydrogen) atoms. The average molecular weight is 662 g/mol. The molecule has 9 aromatic carbocycles. The monoisotopic (exact) mass is 661 g/mol. The lowest BCUT2D eigenvalue weighted by Gasteiger charge is -2.16. The lowest BCUT2D eigenvalue weighted by Crippen LogP contribution is -2.02. The number of rotatable bonds is 5. The van der Waals surface area contributed by atoms with Crippen molar-refractivity contribution >= 4 is 43.1 Å². The van der Waals surface area contributed by atoms with E-state index in [1.807, 2.05) is 12.1 Å². The number of hydrogen-bond donors (Lipinski definition) is 0. The van der Waals surface area contributed by atoms with E-state index in [0.29, 0.717) is 17.5 Å². The summed E-state index contributed by atoms with van der Waals surface area (Å²) < 4.78 is 0. The van der Waals surface area contributed by atoms with E-state index in [9.17, 15) is 0 Å². The first-order chi connectivity index (χ1) is 25.8. The molecule has 1 aromatic heterocycles. The van der Waals surface area contributed by atoms with Crippen molar-refractivity contribution in [3.63, 3.8) is 0 Å². The van der Waals surface area contributed by atoms with E-state index in [-0.39, 0.29) is 0 Å². The topological polar surface area (TPSA) is 38.7 Å². The molecule has 0 bridgehead atoms. The molecule has 0 atom stereocenters. The highest BCUT2D eigenvalue weighted by atomic mass is 15.0. The molecule has 0 aliphatic carbocycles. The highest BCUT2D eigenvalue weighted by Gasteiger charge is 2.20. The Bertz CT molecular complexity index is 2930. The molecule has 10 rings (SSSR count). The molecule has 10 aromatic rings. The summed E-state index contributed by atoms with van der Waals surface area (Å²) in [5, 5.41) is 9.66. The van der Waals surface area contributed by atoms with Crippen LogP contribution >= 0.6 is 0 Å². The van der Waals surface area contributed by atoms with Crippen LogP contribution in [0.5, 0.6) is 0 Å². The second-order valence-corrected chi connectivity index (χ2v) is 13.1. The van der Waals surface area contributed by atoms with Crippen molar-refractivity contribution in [2.75, 3.05) is 0 Å². The molecule has 0 aliphatic rings. The van der Waals surface area contributed by atoms with Gasteiger partial charge in [-0.1, -0.05) is 182 Å². The number of benzene rings is 9. The minimum absolute atomic E-state index is 0.634. The molecule has 0 fully saturated rings. The third-order valence-electron chi connectivity index (χ3n) is 10.1. The fraction of sp³-hybridized carbons (Fsp3) is 0. The Kier molecular flexibility index (Phi) is 7.14. The SMILES string of the molecule is c1ccc(-c2ccc(-c3nc(-c4ccccc4-c4ccccc4)nc(-c4cc5c6ccccc6c6ccccc6c5c5ccccc45)n3)cc2)cc1. The van der Waals surface area contributed by atoms with Crippen LogP contribution in [-0.2, 0) is 0 Å². The van der Waals surface area contributed by atoms with Crippen LogP contribution in [0.15, 0.2) is 188 Å². The molecule has 0 radical (unpaired) electrons. The summed E-state index contributed by atoms with van der Waals surface area (Å²) in [7, 11) is 0. The summed E-state index contributed by atoms with van der Waals surface area (Å²) in [4.78, 5) is 15.8. The summed E-state index contributed by atoms with van der Waals surface area (Å²) in [6.45, 7) is 0. The van der Waals surface area contributed by atoms with E-state index in [2.05, 4.69) is 176 Å². The van der Waals surface area contributed by atoms with Crippen molar-refractivity contribution < 1.29 is 0 Å². The van der Waals surface area contributed by atoms with Crippen molar-refractivity contribution in [1.29, 1.82) is 0 Å². The molecule has 0 N–H and O–H groups in total. The molecule has 0 amide bonds. The number of hydrogen-bond acceptors (Lipinski definition) is 3. The Morgan fingerprint density at radius 1 is 0.231 bits per heavy atom. The van der Waals surface area contributed by atoms with Crippen LogP contribution in [0.1, 0.15) is 0 Å². The zero-order valence-electron chi connectivity index (χ0n) is 28.2. The summed E-state index contributed by atoms with van der Waals surface area (Å²) in [5.74, 6) is 1.92. The molecular weight excluding hydrogens is 631 g/mol. The van der Waals surface area contributed by atoms with Crippen LogP contribution in [0.25, 0.3) is 99.5 Å². The van der Waals surface area contributed by atoms with Gasteiger partial charge >= 0.3 is 0 Å². The normalized spacial score (nSPS) is 11.5. The average Bonchev–Trinajstić information content (AvgIpc) is 3.24. The molecule has 0 saturated carbocycles. The van der Waals surface area contributed by atoms with Gasteiger partial charge in [0, 0.05) is 16.7 Å². The summed E-state index contributed by atoms with van der Waals surface area (Å²) in [6, 6.07) is 66.2. The number of fused-ring (bicyclic) bond motifs is 8. The molecule has 242 valence electrons. The Labute approximate surface area is 301 Å². The van der Waals surface area contributed by atoms with Crippen LogP contribution in [0, 0.1) is 0 Å². The highest BCUT2D eigenvalue weighted by Crippen LogP contribution is 2.43. The maximum Gasteiger partial charge on any atom is 0.164 e. The standard InChI is InChI=1S/C49H31N3/c1-3-15-32(16-4-1)33-27-29-35(30-28-33)47-50-48(43-26-14-7-19-36(43)34-17-5-2-6-18-34)52-49(51-47)45-31-44-39-22-9-8-20-37(39)38-21-10-12-24-41(38)46(44)42-25-13-11-23-40(42)45/h1-31H. The van der Waals surface area contributed by atoms with Crippen LogP contribution < -0.4 is 0 Å². The van der Waals surface area contributed by atoms with Gasteiger partial charge in [-0.05, 0) is 71.4 Å². The Morgan fingerprint density at radius 3 is 1.29 bits per heavy atom. The van der Waals surface area contributed by atoms with Crippen molar-refractivity contribution in [1.82, 2.24) is 15.0 Å². The van der Waals surface area contributed by atoms with E-state index in [1.54, 1.807) is 0 Å². The number of nitrogens with zero attached hydrogens (tertiary/aromatic N) is 3. The van der Waals surface area contributed by atoms with Gasteiger partial charge in [0.1, 0.15) is 0 Å². The number of aromatic nitrogens is 3. The Balaban J connectivity index is 1.27. The van der Waals surface area contributed by atoms with E-state index in [0.717, 1.165) is 38.8 Å². The second-order valence-electron chi connectivity index (χ2n) is 13.1. The van der Waals surface area contributed by atoms with Crippen molar-refractivity contribution in [3.8, 4) is 56.4 Å². The fourth-order valence-corrected chi connectivity index (χ4v) is 7.69. The summed E-state index contributed by atoms with van der Waals surface area (Å²) in [6.07, 6.45) is 0. The predicted octanol–water partition coefficient (Wildman–Crippen LogP) is 12.8. The first-order valence-corrected chi connectivity index (χ1v) is 17.6. The molecule has 3 heteroatoms. The quantitative estimate of drug-likeness (QED) is 0.172. The fourth-order valence-electron chi connectivity index (χ4n) is 7.69. The summed E-state index contributed by atoms with van der Waals surface area (Å²) in [5.41, 5.74) is 7.38. The van der Waals surface area contributed by atoms with Crippen LogP contribution in [-0.4, -0.2) is 15.0 Å². The smallest absolute Gasteiger partial charge is 0.164 e. The van der Waals surface area contributed by atoms with Gasteiger partial charge in [0.15, 0.2) is 17.5 Å². The van der Waals surface area contributed by atoms with Gasteiger partial charge in [0.05, 0.1) is 0 Å². The molecule has 0 spiro atoms. The van der Waals surface area contributed by atoms with Crippen LogP contribution in [0.4, 0.5) is 0 Å². The maximum atomic E-state index is 5.33. The van der Waals surface area contributed by atoms with Crippen molar-refractivity contribution in [2.24, 2.45) is 0 Å². The Morgan fingerprint density at radius 2 is 0.635 bits per heavy atom. The lowest BCUT2D eigenvalue weighted by molar-refractivity contribution is 1.08. The lowest BCUT2D eigenvalue weighted by atomic mass is 9.89. The van der Waals surface area contributed by atoms with Gasteiger partial charge in [0.25, 0.3) is 0 Å². The molecule has 0 unspecified atom stereocenters. The maximum absolute atomic E-state index is 5.33. The first-order valence-electron chi connectivity index (χ1n) is 17.6. The van der Waals surface area contributed by atoms with Gasteiger partial charge in [0.2, 0.25) is 0 Å². The van der Waals surface area contributed by atoms with Crippen LogP contribution in [0.3, 0.4) is 0 Å². The first kappa shape index (κ1) is 29.9. The largest absolute Gasteiger partial charge is 0.208 e. The van der Waals surface area contributed by atoms with Gasteiger partial charge in [-0.3, -0.25) is 0 Å². The summed E-state index contributed by atoms with van der Waals surface area (Å²) >= 11 is 0. The van der Waals surface area contributed by atoms with E-state index in [4.69, 9.17) is 15.0 Å². The third kappa shape index (κ3) is 5.02. The minimum Gasteiger partial charge on any atom is -0.208 e. The van der Waals surface area contributed by atoms with Gasteiger partial charge in [-0.2, -0.15) is 0 Å². The molecular formula is C49H31N3. The molecule has 1 heterocycles. The Hall–Kier alpha value is -6.97. The molecule has 0 aliphatic heterocycles. The third-order valence-corrected chi connectivity index (χ3v) is 10.1. The minimum atomic E-state index is 0.634. The van der Waals surface area contributed by atoms with Gasteiger partial charge in [-0.25, -0.2) is 15.0 Å². The van der Waals surface area contributed by atoms with Crippen molar-refractivity contribution in [3.05, 3.63) is 188 Å². The van der Waals surface area contributed by atoms with Gasteiger partial charge < -0.3 is 0 Å².